The highest BCUT2D eigenvalue weighted by molar-refractivity contribution is 6.66. The Morgan fingerprint density at radius 2 is 1.92 bits per heavy atom. The van der Waals surface area contributed by atoms with Crippen molar-refractivity contribution in [1.29, 1.82) is 0 Å². The van der Waals surface area contributed by atoms with Crippen LogP contribution < -0.4 is 5.19 Å². The first-order chi connectivity index (χ1) is 6.24. The molecule has 2 heteroatoms. The highest BCUT2D eigenvalue weighted by Gasteiger charge is 2.11. The zero-order valence-corrected chi connectivity index (χ0v) is 9.58. The lowest BCUT2D eigenvalue weighted by Crippen LogP contribution is -2.33. The van der Waals surface area contributed by atoms with Gasteiger partial charge in [0, 0.05) is 6.10 Å². The third kappa shape index (κ3) is 3.33. The zero-order valence-electron chi connectivity index (χ0n) is 8.58. The summed E-state index contributed by atoms with van der Waals surface area (Å²) in [5, 5.41) is 1.35. The normalized spacial score (nSPS) is 13.2. The molecular formula is C11H17OSi. The van der Waals surface area contributed by atoms with Crippen LogP contribution in [0.15, 0.2) is 30.3 Å². The molecule has 0 heterocycles. The Hall–Kier alpha value is -0.603. The fourth-order valence-electron chi connectivity index (χ4n) is 1.13. The van der Waals surface area contributed by atoms with Gasteiger partial charge in [0.2, 0.25) is 9.04 Å². The molecule has 1 radical (unpaired) electrons. The van der Waals surface area contributed by atoms with E-state index in [0.717, 1.165) is 6.42 Å². The fourth-order valence-corrected chi connectivity index (χ4v) is 2.69. The van der Waals surface area contributed by atoms with Crippen molar-refractivity contribution in [2.75, 3.05) is 0 Å². The minimum Gasteiger partial charge on any atom is -0.409 e. The molecule has 0 saturated heterocycles. The first kappa shape index (κ1) is 10.5. The largest absolute Gasteiger partial charge is 0.409 e. The van der Waals surface area contributed by atoms with Crippen LogP contribution in [0.4, 0.5) is 0 Å². The third-order valence-corrected chi connectivity index (χ3v) is 4.04. The van der Waals surface area contributed by atoms with Crippen LogP contribution in [0.2, 0.25) is 6.55 Å². The average molecular weight is 193 g/mol. The molecule has 0 fully saturated rings. The van der Waals surface area contributed by atoms with E-state index >= 15 is 0 Å². The van der Waals surface area contributed by atoms with Crippen LogP contribution in [-0.2, 0) is 4.43 Å². The molecular weight excluding hydrogens is 176 g/mol. The lowest BCUT2D eigenvalue weighted by atomic mass is 10.3. The van der Waals surface area contributed by atoms with Gasteiger partial charge >= 0.3 is 0 Å². The van der Waals surface area contributed by atoms with Gasteiger partial charge in [-0.05, 0) is 25.1 Å². The lowest BCUT2D eigenvalue weighted by molar-refractivity contribution is 0.224. The second kappa shape index (κ2) is 5.20. The van der Waals surface area contributed by atoms with E-state index in [1.165, 1.54) is 5.19 Å². The Morgan fingerprint density at radius 1 is 1.31 bits per heavy atom. The Labute approximate surface area is 82.5 Å². The van der Waals surface area contributed by atoms with Gasteiger partial charge < -0.3 is 4.43 Å². The minimum atomic E-state index is -0.778. The van der Waals surface area contributed by atoms with Crippen LogP contribution in [0.5, 0.6) is 0 Å². The van der Waals surface area contributed by atoms with Gasteiger partial charge in [0.05, 0.1) is 0 Å². The molecule has 1 aromatic carbocycles. The van der Waals surface area contributed by atoms with Crippen molar-refractivity contribution in [1.82, 2.24) is 0 Å². The van der Waals surface area contributed by atoms with E-state index in [4.69, 9.17) is 4.43 Å². The number of rotatable bonds is 4. The van der Waals surface area contributed by atoms with Crippen molar-refractivity contribution in [2.24, 2.45) is 0 Å². The Kier molecular flexibility index (Phi) is 4.19. The van der Waals surface area contributed by atoms with Crippen LogP contribution >= 0.6 is 0 Å². The predicted molar refractivity (Wildman–Crippen MR) is 58.5 cm³/mol. The fraction of sp³-hybridized carbons (Fsp3) is 0.455. The third-order valence-electron chi connectivity index (χ3n) is 2.13. The summed E-state index contributed by atoms with van der Waals surface area (Å²) in [6, 6.07) is 10.5. The van der Waals surface area contributed by atoms with Crippen LogP contribution in [0, 0.1) is 0 Å². The van der Waals surface area contributed by atoms with Gasteiger partial charge in [-0.1, -0.05) is 37.3 Å². The van der Waals surface area contributed by atoms with Crippen molar-refractivity contribution in [3.63, 3.8) is 0 Å². The van der Waals surface area contributed by atoms with Gasteiger partial charge in [-0.2, -0.15) is 0 Å². The Morgan fingerprint density at radius 3 is 2.46 bits per heavy atom. The van der Waals surface area contributed by atoms with Crippen molar-refractivity contribution >= 4 is 14.2 Å². The van der Waals surface area contributed by atoms with E-state index in [1.807, 2.05) is 6.07 Å². The molecule has 1 nitrogen and oxygen atoms in total. The van der Waals surface area contributed by atoms with E-state index < -0.39 is 9.04 Å². The maximum Gasteiger partial charge on any atom is 0.243 e. The number of benzene rings is 1. The van der Waals surface area contributed by atoms with Gasteiger partial charge in [-0.3, -0.25) is 0 Å². The van der Waals surface area contributed by atoms with Crippen LogP contribution in [-0.4, -0.2) is 15.1 Å². The monoisotopic (exact) mass is 193 g/mol. The van der Waals surface area contributed by atoms with Gasteiger partial charge in [0.15, 0.2) is 0 Å². The molecule has 0 aliphatic carbocycles. The zero-order chi connectivity index (χ0) is 9.68. The van der Waals surface area contributed by atoms with Gasteiger partial charge in [0.25, 0.3) is 0 Å². The maximum absolute atomic E-state index is 5.89. The van der Waals surface area contributed by atoms with Crippen LogP contribution in [0.25, 0.3) is 0 Å². The SMILES string of the molecule is CCC(C)O[Si](C)c1ccccc1. The summed E-state index contributed by atoms with van der Waals surface area (Å²) in [5.41, 5.74) is 0. The molecule has 13 heavy (non-hydrogen) atoms. The molecule has 0 spiro atoms. The molecule has 0 aliphatic rings. The average Bonchev–Trinajstić information content (AvgIpc) is 2.19. The van der Waals surface area contributed by atoms with Gasteiger partial charge in [0.1, 0.15) is 0 Å². The molecule has 1 atom stereocenters. The summed E-state index contributed by atoms with van der Waals surface area (Å²) in [7, 11) is -0.778. The summed E-state index contributed by atoms with van der Waals surface area (Å²) < 4.78 is 5.89. The molecule has 0 N–H and O–H groups in total. The van der Waals surface area contributed by atoms with E-state index in [9.17, 15) is 0 Å². The highest BCUT2D eigenvalue weighted by atomic mass is 28.3. The van der Waals surface area contributed by atoms with Crippen molar-refractivity contribution < 1.29 is 4.43 Å². The summed E-state index contributed by atoms with van der Waals surface area (Å²) >= 11 is 0. The van der Waals surface area contributed by atoms with Crippen LogP contribution in [0.3, 0.4) is 0 Å². The van der Waals surface area contributed by atoms with Crippen molar-refractivity contribution in [2.45, 2.75) is 32.9 Å². The summed E-state index contributed by atoms with van der Waals surface area (Å²) in [5.74, 6) is 0. The quantitative estimate of drug-likeness (QED) is 0.667. The molecule has 0 aliphatic heterocycles. The van der Waals surface area contributed by atoms with Gasteiger partial charge in [-0.25, -0.2) is 0 Å². The first-order valence-corrected chi connectivity index (χ1v) is 6.70. The second-order valence-corrected chi connectivity index (χ2v) is 5.18. The topological polar surface area (TPSA) is 9.23 Å². The molecule has 1 aromatic rings. The summed E-state index contributed by atoms with van der Waals surface area (Å²) in [4.78, 5) is 0. The molecule has 1 unspecified atom stereocenters. The van der Waals surface area contributed by atoms with Gasteiger partial charge in [-0.15, -0.1) is 0 Å². The molecule has 0 aromatic heterocycles. The predicted octanol–water partition coefficient (Wildman–Crippen LogP) is 2.33. The van der Waals surface area contributed by atoms with E-state index in [-0.39, 0.29) is 0 Å². The number of hydrogen-bond donors (Lipinski definition) is 0. The maximum atomic E-state index is 5.89. The second-order valence-electron chi connectivity index (χ2n) is 3.26. The summed E-state index contributed by atoms with van der Waals surface area (Å²) in [6.07, 6.45) is 1.48. The molecule has 0 saturated carbocycles. The molecule has 0 amide bonds. The first-order valence-electron chi connectivity index (χ1n) is 4.79. The Bertz CT molecular complexity index is 235. The Balaban J connectivity index is 2.53. The van der Waals surface area contributed by atoms with Crippen LogP contribution in [0.1, 0.15) is 20.3 Å². The standard InChI is InChI=1S/C11H17OSi/c1-4-10(2)12-13(3)11-8-6-5-7-9-11/h5-10H,4H2,1-3H3. The minimum absolute atomic E-state index is 0.388. The van der Waals surface area contributed by atoms with E-state index in [2.05, 4.69) is 44.7 Å². The molecule has 1 rings (SSSR count). The number of hydrogen-bond acceptors (Lipinski definition) is 1. The summed E-state index contributed by atoms with van der Waals surface area (Å²) in [6.45, 7) is 6.49. The van der Waals surface area contributed by atoms with E-state index in [0.29, 0.717) is 6.10 Å². The van der Waals surface area contributed by atoms with Crippen molar-refractivity contribution in [3.8, 4) is 0 Å². The molecule has 0 bridgehead atoms. The lowest BCUT2D eigenvalue weighted by Gasteiger charge is -2.16. The molecule has 71 valence electrons. The highest BCUT2D eigenvalue weighted by Crippen LogP contribution is 1.99. The van der Waals surface area contributed by atoms with E-state index in [1.54, 1.807) is 0 Å². The van der Waals surface area contributed by atoms with Crippen molar-refractivity contribution in [3.05, 3.63) is 30.3 Å². The smallest absolute Gasteiger partial charge is 0.243 e.